The molecule has 0 bridgehead atoms. The summed E-state index contributed by atoms with van der Waals surface area (Å²) in [6.45, 7) is 3.93. The van der Waals surface area contributed by atoms with Crippen LogP contribution < -0.4 is 5.32 Å². The van der Waals surface area contributed by atoms with E-state index in [9.17, 15) is 4.79 Å². The zero-order valence-corrected chi connectivity index (χ0v) is 13.3. The number of carbonyl (C=O) groups excluding carboxylic acids is 1. The van der Waals surface area contributed by atoms with Crippen molar-refractivity contribution >= 4 is 5.91 Å². The molecule has 23 heavy (non-hydrogen) atoms. The third-order valence-electron chi connectivity index (χ3n) is 3.86. The van der Waals surface area contributed by atoms with Crippen LogP contribution in [-0.2, 0) is 7.05 Å². The molecule has 1 atom stereocenters. The fraction of sp³-hybridized carbons (Fsp3) is 0.250. The number of hydrogen-bond acceptors (Lipinski definition) is 4. The summed E-state index contributed by atoms with van der Waals surface area (Å²) in [6, 6.07) is 3.30. The fourth-order valence-corrected chi connectivity index (χ4v) is 2.39. The van der Waals surface area contributed by atoms with Gasteiger partial charge in [0, 0.05) is 42.5 Å². The maximum Gasteiger partial charge on any atom is 0.251 e. The summed E-state index contributed by atoms with van der Waals surface area (Å²) in [6.07, 6.45) is 8.49. The third kappa shape index (κ3) is 2.98. The second-order valence-corrected chi connectivity index (χ2v) is 5.38. The van der Waals surface area contributed by atoms with Crippen LogP contribution in [0.3, 0.4) is 0 Å². The predicted octanol–water partition coefficient (Wildman–Crippen LogP) is 1.80. The average molecular weight is 310 g/mol. The number of imidazole rings is 1. The Labute approximate surface area is 134 Å². The van der Waals surface area contributed by atoms with E-state index in [1.807, 2.05) is 20.9 Å². The van der Waals surface area contributed by atoms with Crippen molar-refractivity contribution < 1.29 is 4.79 Å². The number of nitrogens with zero attached hydrogens (tertiary/aromatic N) is 5. The summed E-state index contributed by atoms with van der Waals surface area (Å²) in [4.78, 5) is 20.7. The molecule has 0 aliphatic carbocycles. The number of aromatic nitrogens is 5. The van der Waals surface area contributed by atoms with Crippen LogP contribution in [0.25, 0.3) is 5.82 Å². The monoisotopic (exact) mass is 310 g/mol. The molecule has 3 rings (SSSR count). The van der Waals surface area contributed by atoms with Crippen LogP contribution in [0.15, 0.2) is 43.2 Å². The van der Waals surface area contributed by atoms with Gasteiger partial charge in [-0.15, -0.1) is 0 Å². The summed E-state index contributed by atoms with van der Waals surface area (Å²) < 4.78 is 3.55. The van der Waals surface area contributed by atoms with Gasteiger partial charge in [-0.05, 0) is 26.0 Å². The molecule has 118 valence electrons. The van der Waals surface area contributed by atoms with Crippen molar-refractivity contribution in [2.45, 2.75) is 19.9 Å². The lowest BCUT2D eigenvalue weighted by Crippen LogP contribution is -2.27. The lowest BCUT2D eigenvalue weighted by molar-refractivity contribution is 0.0939. The maximum atomic E-state index is 12.5. The van der Waals surface area contributed by atoms with Gasteiger partial charge in [-0.1, -0.05) is 0 Å². The van der Waals surface area contributed by atoms with Crippen molar-refractivity contribution in [1.29, 1.82) is 0 Å². The van der Waals surface area contributed by atoms with Crippen LogP contribution in [-0.4, -0.2) is 30.2 Å². The van der Waals surface area contributed by atoms with Crippen molar-refractivity contribution in [2.75, 3.05) is 0 Å². The SMILES string of the molecule is Cc1c([C@@H](C)NC(=O)c2ccnc(-n3ccnc3)c2)cnn1C. The second kappa shape index (κ2) is 6.04. The van der Waals surface area contributed by atoms with E-state index >= 15 is 0 Å². The Kier molecular flexibility index (Phi) is 3.92. The van der Waals surface area contributed by atoms with Gasteiger partial charge < -0.3 is 5.32 Å². The highest BCUT2D eigenvalue weighted by Gasteiger charge is 2.16. The first kappa shape index (κ1) is 15.0. The molecule has 0 aromatic carbocycles. The largest absolute Gasteiger partial charge is 0.345 e. The quantitative estimate of drug-likeness (QED) is 0.797. The molecule has 7 nitrogen and oxygen atoms in total. The highest BCUT2D eigenvalue weighted by atomic mass is 16.1. The van der Waals surface area contributed by atoms with Crippen molar-refractivity contribution in [3.63, 3.8) is 0 Å². The minimum absolute atomic E-state index is 0.124. The van der Waals surface area contributed by atoms with E-state index in [0.29, 0.717) is 11.4 Å². The van der Waals surface area contributed by atoms with E-state index < -0.39 is 0 Å². The van der Waals surface area contributed by atoms with Gasteiger partial charge in [-0.3, -0.25) is 14.0 Å². The molecular weight excluding hydrogens is 292 g/mol. The number of nitrogens with one attached hydrogen (secondary N) is 1. The first-order chi connectivity index (χ1) is 11.1. The Morgan fingerprint density at radius 2 is 2.17 bits per heavy atom. The van der Waals surface area contributed by atoms with Crippen LogP contribution in [0.1, 0.15) is 34.6 Å². The molecule has 3 aromatic rings. The van der Waals surface area contributed by atoms with Crippen LogP contribution in [0.5, 0.6) is 0 Å². The summed E-state index contributed by atoms with van der Waals surface area (Å²) in [5.74, 6) is 0.505. The minimum Gasteiger partial charge on any atom is -0.345 e. The van der Waals surface area contributed by atoms with Gasteiger partial charge in [0.25, 0.3) is 5.91 Å². The highest BCUT2D eigenvalue weighted by Crippen LogP contribution is 2.17. The molecule has 0 unspecified atom stereocenters. The van der Waals surface area contributed by atoms with E-state index in [2.05, 4.69) is 20.4 Å². The van der Waals surface area contributed by atoms with Gasteiger partial charge in [-0.25, -0.2) is 9.97 Å². The van der Waals surface area contributed by atoms with Crippen LogP contribution in [0.2, 0.25) is 0 Å². The maximum absolute atomic E-state index is 12.5. The standard InChI is InChI=1S/C16H18N6O/c1-11(14-9-19-21(3)12(14)2)20-16(23)13-4-5-18-15(8-13)22-7-6-17-10-22/h4-11H,1-3H3,(H,20,23)/t11-/m1/s1. The molecule has 3 heterocycles. The molecule has 0 aliphatic rings. The van der Waals surface area contributed by atoms with E-state index in [4.69, 9.17) is 0 Å². The lowest BCUT2D eigenvalue weighted by Gasteiger charge is -2.14. The van der Waals surface area contributed by atoms with E-state index in [0.717, 1.165) is 11.3 Å². The second-order valence-electron chi connectivity index (χ2n) is 5.38. The van der Waals surface area contributed by atoms with Gasteiger partial charge in [0.05, 0.1) is 12.2 Å². The van der Waals surface area contributed by atoms with Gasteiger partial charge in [-0.2, -0.15) is 5.10 Å². The molecule has 0 saturated heterocycles. The summed E-state index contributed by atoms with van der Waals surface area (Å²) in [5, 5.41) is 7.20. The molecule has 1 N–H and O–H groups in total. The normalized spacial score (nSPS) is 12.1. The number of pyridine rings is 1. The topological polar surface area (TPSA) is 77.6 Å². The van der Waals surface area contributed by atoms with Gasteiger partial charge in [0.15, 0.2) is 0 Å². The lowest BCUT2D eigenvalue weighted by atomic mass is 10.1. The Bertz CT molecular complexity index is 821. The molecule has 1 amide bonds. The van der Waals surface area contributed by atoms with Gasteiger partial charge >= 0.3 is 0 Å². The van der Waals surface area contributed by atoms with Crippen molar-refractivity contribution in [1.82, 2.24) is 29.6 Å². The summed E-state index contributed by atoms with van der Waals surface area (Å²) in [5.41, 5.74) is 2.59. The highest BCUT2D eigenvalue weighted by molar-refractivity contribution is 5.94. The summed E-state index contributed by atoms with van der Waals surface area (Å²) >= 11 is 0. The molecule has 0 fully saturated rings. The van der Waals surface area contributed by atoms with Crippen molar-refractivity contribution in [3.05, 3.63) is 60.1 Å². The smallest absolute Gasteiger partial charge is 0.251 e. The first-order valence-electron chi connectivity index (χ1n) is 7.30. The molecule has 7 heteroatoms. The predicted molar refractivity (Wildman–Crippen MR) is 85.2 cm³/mol. The zero-order chi connectivity index (χ0) is 16.4. The molecule has 0 spiro atoms. The van der Waals surface area contributed by atoms with E-state index in [-0.39, 0.29) is 11.9 Å². The molecule has 3 aromatic heterocycles. The minimum atomic E-state index is -0.149. The average Bonchev–Trinajstić information content (AvgIpc) is 3.19. The molecule has 0 saturated carbocycles. The number of hydrogen-bond donors (Lipinski definition) is 1. The Morgan fingerprint density at radius 3 is 2.83 bits per heavy atom. The van der Waals surface area contributed by atoms with Crippen LogP contribution in [0, 0.1) is 6.92 Å². The van der Waals surface area contributed by atoms with Crippen LogP contribution in [0.4, 0.5) is 0 Å². The van der Waals surface area contributed by atoms with E-state index in [1.54, 1.807) is 52.5 Å². The summed E-state index contributed by atoms with van der Waals surface area (Å²) in [7, 11) is 1.88. The number of carbonyl (C=O) groups is 1. The molecule has 0 radical (unpaired) electrons. The number of amides is 1. The number of rotatable bonds is 4. The Balaban J connectivity index is 1.78. The van der Waals surface area contributed by atoms with Gasteiger partial charge in [0.1, 0.15) is 12.1 Å². The first-order valence-corrected chi connectivity index (χ1v) is 7.30. The Hall–Kier alpha value is -2.96. The van der Waals surface area contributed by atoms with Crippen LogP contribution >= 0.6 is 0 Å². The van der Waals surface area contributed by atoms with Crippen molar-refractivity contribution in [2.24, 2.45) is 7.05 Å². The van der Waals surface area contributed by atoms with Crippen molar-refractivity contribution in [3.8, 4) is 5.82 Å². The number of aryl methyl sites for hydroxylation is 1. The molecular formula is C16H18N6O. The molecule has 0 aliphatic heterocycles. The Morgan fingerprint density at radius 1 is 1.35 bits per heavy atom. The van der Waals surface area contributed by atoms with E-state index in [1.165, 1.54) is 0 Å². The van der Waals surface area contributed by atoms with Gasteiger partial charge in [0.2, 0.25) is 0 Å². The third-order valence-corrected chi connectivity index (χ3v) is 3.86. The fourth-order valence-electron chi connectivity index (χ4n) is 2.39. The zero-order valence-electron chi connectivity index (χ0n) is 13.3.